The van der Waals surface area contributed by atoms with Crippen LogP contribution in [0.25, 0.3) is 0 Å². The van der Waals surface area contributed by atoms with Crippen LogP contribution in [-0.2, 0) is 26.2 Å². The molecule has 1 fully saturated rings. The van der Waals surface area contributed by atoms with Crippen LogP contribution in [0.15, 0.2) is 59.1 Å². The third-order valence-corrected chi connectivity index (χ3v) is 7.72. The minimum absolute atomic E-state index is 0.117. The highest BCUT2D eigenvalue weighted by atomic mass is 79.9. The van der Waals surface area contributed by atoms with Gasteiger partial charge in [0.25, 0.3) is 0 Å². The molecule has 0 aliphatic heterocycles. The maximum absolute atomic E-state index is 13.5. The third-order valence-electron chi connectivity index (χ3n) is 6.09. The van der Waals surface area contributed by atoms with Gasteiger partial charge in [-0.15, -0.1) is 0 Å². The summed E-state index contributed by atoms with van der Waals surface area (Å²) in [6.07, 6.45) is 6.30. The van der Waals surface area contributed by atoms with Crippen molar-refractivity contribution in [3.8, 4) is 0 Å². The van der Waals surface area contributed by atoms with Crippen molar-refractivity contribution in [3.63, 3.8) is 0 Å². The fourth-order valence-electron chi connectivity index (χ4n) is 4.18. The number of sulfonamides is 1. The number of nitrogens with one attached hydrogen (secondary N) is 1. The van der Waals surface area contributed by atoms with Gasteiger partial charge in [-0.05, 0) is 43.5 Å². The van der Waals surface area contributed by atoms with Crippen LogP contribution in [0, 0.1) is 0 Å². The quantitative estimate of drug-likeness (QED) is 0.510. The molecule has 0 radical (unpaired) electrons. The molecule has 1 saturated carbocycles. The summed E-state index contributed by atoms with van der Waals surface area (Å²) in [6.45, 7) is 1.50. The van der Waals surface area contributed by atoms with Gasteiger partial charge in [-0.25, -0.2) is 8.42 Å². The van der Waals surface area contributed by atoms with Crippen LogP contribution in [0.1, 0.15) is 44.6 Å². The minimum Gasteiger partial charge on any atom is -0.352 e. The van der Waals surface area contributed by atoms with Crippen LogP contribution in [0.5, 0.6) is 0 Å². The topological polar surface area (TPSA) is 86.8 Å². The predicted molar refractivity (Wildman–Crippen MR) is 138 cm³/mol. The summed E-state index contributed by atoms with van der Waals surface area (Å²) in [4.78, 5) is 28.1. The first-order valence-electron chi connectivity index (χ1n) is 11.5. The molecule has 2 aromatic rings. The molecule has 2 aromatic carbocycles. The lowest BCUT2D eigenvalue weighted by Gasteiger charge is -2.33. The van der Waals surface area contributed by atoms with Crippen LogP contribution in [0.4, 0.5) is 5.69 Å². The summed E-state index contributed by atoms with van der Waals surface area (Å²) in [6, 6.07) is 15.5. The SMILES string of the molecule is CC(C(=O)NC1CCCCC1)N(Cc1ccccc1)C(=O)CN(c1cccc(Br)c1)S(C)(=O)=O. The van der Waals surface area contributed by atoms with Crippen molar-refractivity contribution in [2.45, 2.75) is 57.7 Å². The van der Waals surface area contributed by atoms with E-state index in [9.17, 15) is 18.0 Å². The summed E-state index contributed by atoms with van der Waals surface area (Å²) < 4.78 is 26.9. The molecule has 1 unspecified atom stereocenters. The highest BCUT2D eigenvalue weighted by Crippen LogP contribution is 2.23. The first kappa shape index (κ1) is 26.2. The Bertz CT molecular complexity index is 1090. The van der Waals surface area contributed by atoms with Crippen molar-refractivity contribution >= 4 is 43.5 Å². The van der Waals surface area contributed by atoms with Gasteiger partial charge in [0.2, 0.25) is 21.8 Å². The number of carbonyl (C=O) groups is 2. The molecule has 0 aromatic heterocycles. The second kappa shape index (κ2) is 11.8. The van der Waals surface area contributed by atoms with E-state index in [0.717, 1.165) is 41.8 Å². The number of amides is 2. The van der Waals surface area contributed by atoms with Gasteiger partial charge in [0.05, 0.1) is 11.9 Å². The van der Waals surface area contributed by atoms with E-state index in [1.54, 1.807) is 31.2 Å². The maximum Gasteiger partial charge on any atom is 0.244 e. The molecule has 1 aliphatic rings. The van der Waals surface area contributed by atoms with Crippen LogP contribution in [0.2, 0.25) is 0 Å². The van der Waals surface area contributed by atoms with Gasteiger partial charge in [-0.2, -0.15) is 0 Å². The fourth-order valence-corrected chi connectivity index (χ4v) is 5.41. The smallest absolute Gasteiger partial charge is 0.244 e. The zero-order chi connectivity index (χ0) is 24.7. The van der Waals surface area contributed by atoms with Crippen molar-refractivity contribution in [3.05, 3.63) is 64.6 Å². The van der Waals surface area contributed by atoms with E-state index in [4.69, 9.17) is 0 Å². The molecule has 184 valence electrons. The van der Waals surface area contributed by atoms with Crippen molar-refractivity contribution in [1.29, 1.82) is 0 Å². The molecular weight excluding hydrogens is 518 g/mol. The Kier molecular flexibility index (Phi) is 9.13. The second-order valence-corrected chi connectivity index (χ2v) is 11.6. The number of hydrogen-bond donors (Lipinski definition) is 1. The predicted octanol–water partition coefficient (Wildman–Crippen LogP) is 4.08. The van der Waals surface area contributed by atoms with Crippen molar-refractivity contribution in [1.82, 2.24) is 10.2 Å². The number of hydrogen-bond acceptors (Lipinski definition) is 4. The number of benzene rings is 2. The van der Waals surface area contributed by atoms with E-state index < -0.39 is 28.5 Å². The number of rotatable bonds is 9. The first-order chi connectivity index (χ1) is 16.1. The standard InChI is InChI=1S/C25H32BrN3O4S/c1-19(25(31)27-22-13-7-4-8-14-22)28(17-20-10-5-3-6-11-20)24(30)18-29(34(2,32)33)23-15-9-12-21(26)16-23/h3,5-6,9-12,15-16,19,22H,4,7-8,13-14,17-18H2,1-2H3,(H,27,31). The third kappa shape index (κ3) is 7.30. The second-order valence-electron chi connectivity index (χ2n) is 8.78. The zero-order valence-corrected chi connectivity index (χ0v) is 22.0. The number of halogens is 1. The Morgan fingerprint density at radius 1 is 1.06 bits per heavy atom. The Morgan fingerprint density at radius 2 is 1.74 bits per heavy atom. The van der Waals surface area contributed by atoms with Gasteiger partial charge < -0.3 is 10.2 Å². The van der Waals surface area contributed by atoms with Gasteiger partial charge in [-0.1, -0.05) is 71.6 Å². The van der Waals surface area contributed by atoms with Gasteiger partial charge in [0.15, 0.2) is 0 Å². The molecule has 0 spiro atoms. The molecule has 0 heterocycles. The summed E-state index contributed by atoms with van der Waals surface area (Å²) in [7, 11) is -3.74. The lowest BCUT2D eigenvalue weighted by molar-refractivity contribution is -0.139. The summed E-state index contributed by atoms with van der Waals surface area (Å²) in [5.41, 5.74) is 1.24. The lowest BCUT2D eigenvalue weighted by Crippen LogP contribution is -2.52. The van der Waals surface area contributed by atoms with Gasteiger partial charge >= 0.3 is 0 Å². The van der Waals surface area contributed by atoms with Gasteiger partial charge in [0, 0.05) is 17.1 Å². The van der Waals surface area contributed by atoms with Crippen LogP contribution < -0.4 is 9.62 Å². The first-order valence-corrected chi connectivity index (χ1v) is 14.2. The molecule has 1 atom stereocenters. The maximum atomic E-state index is 13.5. The normalized spacial score (nSPS) is 15.4. The lowest BCUT2D eigenvalue weighted by atomic mass is 9.95. The molecule has 2 amide bonds. The van der Waals surface area contributed by atoms with E-state index in [2.05, 4.69) is 21.2 Å². The van der Waals surface area contributed by atoms with Crippen molar-refractivity contribution in [2.75, 3.05) is 17.1 Å². The van der Waals surface area contributed by atoms with E-state index in [1.807, 2.05) is 30.3 Å². The number of anilines is 1. The highest BCUT2D eigenvalue weighted by Gasteiger charge is 2.31. The Hall–Kier alpha value is -2.39. The average Bonchev–Trinajstić information content (AvgIpc) is 2.81. The molecule has 3 rings (SSSR count). The van der Waals surface area contributed by atoms with Crippen molar-refractivity contribution in [2.24, 2.45) is 0 Å². The van der Waals surface area contributed by atoms with E-state index in [0.29, 0.717) is 10.2 Å². The van der Waals surface area contributed by atoms with Gasteiger partial charge in [-0.3, -0.25) is 13.9 Å². The summed E-state index contributed by atoms with van der Waals surface area (Å²) in [5.74, 6) is -0.662. The Balaban J connectivity index is 1.84. The van der Waals surface area contributed by atoms with Crippen LogP contribution >= 0.6 is 15.9 Å². The Morgan fingerprint density at radius 3 is 2.35 bits per heavy atom. The Labute approximate surface area is 210 Å². The monoisotopic (exact) mass is 549 g/mol. The largest absolute Gasteiger partial charge is 0.352 e. The van der Waals surface area contributed by atoms with Crippen molar-refractivity contribution < 1.29 is 18.0 Å². The number of nitrogens with zero attached hydrogens (tertiary/aromatic N) is 2. The minimum atomic E-state index is -3.74. The molecule has 7 nitrogen and oxygen atoms in total. The summed E-state index contributed by atoms with van der Waals surface area (Å²) >= 11 is 3.36. The molecular formula is C25H32BrN3O4S. The van der Waals surface area contributed by atoms with Crippen LogP contribution in [-0.4, -0.2) is 50.0 Å². The summed E-state index contributed by atoms with van der Waals surface area (Å²) in [5, 5.41) is 3.09. The van der Waals surface area contributed by atoms with Crippen LogP contribution in [0.3, 0.4) is 0 Å². The fraction of sp³-hybridized carbons (Fsp3) is 0.440. The molecule has 1 aliphatic carbocycles. The molecule has 9 heteroatoms. The van der Waals surface area contributed by atoms with E-state index in [1.165, 1.54) is 11.3 Å². The van der Waals surface area contributed by atoms with E-state index in [-0.39, 0.29) is 18.5 Å². The molecule has 34 heavy (non-hydrogen) atoms. The molecule has 0 saturated heterocycles. The zero-order valence-electron chi connectivity index (χ0n) is 19.6. The average molecular weight is 551 g/mol. The highest BCUT2D eigenvalue weighted by molar-refractivity contribution is 9.10. The number of carbonyl (C=O) groups excluding carboxylic acids is 2. The van der Waals surface area contributed by atoms with Gasteiger partial charge in [0.1, 0.15) is 12.6 Å². The molecule has 0 bridgehead atoms. The van der Waals surface area contributed by atoms with E-state index >= 15 is 0 Å². The molecule has 1 N–H and O–H groups in total.